The molecule has 2 aromatic rings. The van der Waals surface area contributed by atoms with Gasteiger partial charge in [0.05, 0.1) is 0 Å². The van der Waals surface area contributed by atoms with Gasteiger partial charge in [-0.15, -0.1) is 12.4 Å². The summed E-state index contributed by atoms with van der Waals surface area (Å²) in [5.74, 6) is -2.19. The molecule has 0 aliphatic rings. The second kappa shape index (κ2) is 8.36. The number of carboxylic acids is 1. The summed E-state index contributed by atoms with van der Waals surface area (Å²) in [5.41, 5.74) is 6.54. The zero-order chi connectivity index (χ0) is 15.2. The van der Waals surface area contributed by atoms with E-state index in [1.54, 1.807) is 0 Å². The Morgan fingerprint density at radius 1 is 1.18 bits per heavy atom. The highest BCUT2D eigenvalue weighted by Crippen LogP contribution is 2.21. The van der Waals surface area contributed by atoms with Crippen LogP contribution in [0.4, 0.5) is 4.39 Å². The van der Waals surface area contributed by atoms with Gasteiger partial charge in [-0.1, -0.05) is 36.4 Å². The molecule has 0 heterocycles. The Kier molecular flexibility index (Phi) is 6.82. The quantitative estimate of drug-likeness (QED) is 0.856. The lowest BCUT2D eigenvalue weighted by Crippen LogP contribution is -2.30. The summed E-state index contributed by atoms with van der Waals surface area (Å²) >= 11 is 0. The number of carbonyl (C=O) groups is 1. The van der Waals surface area contributed by atoms with Crippen LogP contribution in [0, 0.1) is 5.82 Å². The molecule has 0 saturated heterocycles. The Balaban J connectivity index is 0.00000242. The summed E-state index contributed by atoms with van der Waals surface area (Å²) < 4.78 is 18.8. The molecule has 1 atom stereocenters. The molecule has 0 radical (unpaired) electrons. The third-order valence-corrected chi connectivity index (χ3v) is 2.98. The molecular weight excluding hydrogens is 309 g/mol. The standard InChI is InChI=1S/C16H16FNO3.ClH/c17-13-7-4-8-14(15(13)16(19)20)21-10-12(18)9-11-5-2-1-3-6-11;/h1-8,12H,9-10,18H2,(H,19,20);1H/t12-;/m1./s1. The minimum absolute atomic E-state index is 0. The Morgan fingerprint density at radius 2 is 1.86 bits per heavy atom. The maximum atomic E-state index is 13.5. The molecule has 0 fully saturated rings. The van der Waals surface area contributed by atoms with Crippen LogP contribution in [0.15, 0.2) is 48.5 Å². The number of benzene rings is 2. The van der Waals surface area contributed by atoms with E-state index in [2.05, 4.69) is 0 Å². The largest absolute Gasteiger partial charge is 0.491 e. The number of aromatic carboxylic acids is 1. The molecule has 0 bridgehead atoms. The second-order valence-corrected chi connectivity index (χ2v) is 4.68. The molecule has 0 amide bonds. The maximum absolute atomic E-state index is 13.5. The van der Waals surface area contributed by atoms with Crippen LogP contribution in [0.2, 0.25) is 0 Å². The number of halogens is 2. The van der Waals surface area contributed by atoms with Crippen molar-refractivity contribution in [1.29, 1.82) is 0 Å². The fourth-order valence-corrected chi connectivity index (χ4v) is 2.00. The van der Waals surface area contributed by atoms with Crippen molar-refractivity contribution < 1.29 is 19.0 Å². The molecule has 6 heteroatoms. The van der Waals surface area contributed by atoms with Gasteiger partial charge in [-0.3, -0.25) is 0 Å². The van der Waals surface area contributed by atoms with Gasteiger partial charge in [0.15, 0.2) is 0 Å². The minimum Gasteiger partial charge on any atom is -0.491 e. The fourth-order valence-electron chi connectivity index (χ4n) is 2.00. The van der Waals surface area contributed by atoms with Crippen molar-refractivity contribution >= 4 is 18.4 Å². The molecule has 3 N–H and O–H groups in total. The monoisotopic (exact) mass is 325 g/mol. The number of carboxylic acid groups (broad SMARTS) is 1. The minimum atomic E-state index is -1.36. The van der Waals surface area contributed by atoms with Crippen LogP contribution in [0.25, 0.3) is 0 Å². The predicted molar refractivity (Wildman–Crippen MR) is 84.2 cm³/mol. The summed E-state index contributed by atoms with van der Waals surface area (Å²) in [6, 6.07) is 13.2. The van der Waals surface area contributed by atoms with Crippen molar-refractivity contribution in [2.45, 2.75) is 12.5 Å². The van der Waals surface area contributed by atoms with E-state index in [0.717, 1.165) is 11.6 Å². The van der Waals surface area contributed by atoms with E-state index >= 15 is 0 Å². The van der Waals surface area contributed by atoms with Crippen molar-refractivity contribution in [2.75, 3.05) is 6.61 Å². The average Bonchev–Trinajstić information content (AvgIpc) is 2.45. The van der Waals surface area contributed by atoms with Crippen molar-refractivity contribution in [3.05, 3.63) is 65.5 Å². The van der Waals surface area contributed by atoms with Gasteiger partial charge in [-0.25, -0.2) is 9.18 Å². The van der Waals surface area contributed by atoms with Crippen LogP contribution in [0.1, 0.15) is 15.9 Å². The van der Waals surface area contributed by atoms with E-state index in [1.165, 1.54) is 12.1 Å². The molecule has 0 spiro atoms. The second-order valence-electron chi connectivity index (χ2n) is 4.68. The molecule has 0 unspecified atom stereocenters. The number of ether oxygens (including phenoxy) is 1. The van der Waals surface area contributed by atoms with E-state index in [0.29, 0.717) is 6.42 Å². The van der Waals surface area contributed by atoms with Gasteiger partial charge in [0.1, 0.15) is 23.7 Å². The highest BCUT2D eigenvalue weighted by Gasteiger charge is 2.17. The third-order valence-electron chi connectivity index (χ3n) is 2.98. The van der Waals surface area contributed by atoms with Crippen LogP contribution in [0.3, 0.4) is 0 Å². The van der Waals surface area contributed by atoms with Gasteiger partial charge in [0.25, 0.3) is 0 Å². The van der Waals surface area contributed by atoms with Gasteiger partial charge in [-0.05, 0) is 24.1 Å². The zero-order valence-electron chi connectivity index (χ0n) is 11.7. The van der Waals surface area contributed by atoms with Gasteiger partial charge in [0, 0.05) is 6.04 Å². The lowest BCUT2D eigenvalue weighted by molar-refractivity contribution is 0.0686. The average molecular weight is 326 g/mol. The first kappa shape index (κ1) is 17.9. The van der Waals surface area contributed by atoms with Crippen molar-refractivity contribution in [3.63, 3.8) is 0 Å². The Bertz CT molecular complexity index is 622. The Labute approximate surface area is 134 Å². The number of hydrogen-bond acceptors (Lipinski definition) is 3. The number of rotatable bonds is 6. The first-order valence-corrected chi connectivity index (χ1v) is 6.52. The fraction of sp³-hybridized carbons (Fsp3) is 0.188. The molecule has 2 aromatic carbocycles. The third kappa shape index (κ3) is 4.72. The van der Waals surface area contributed by atoms with Crippen molar-refractivity contribution in [1.82, 2.24) is 0 Å². The molecule has 0 aliphatic carbocycles. The maximum Gasteiger partial charge on any atom is 0.342 e. The smallest absolute Gasteiger partial charge is 0.342 e. The van der Waals surface area contributed by atoms with Gasteiger partial charge in [0.2, 0.25) is 0 Å². The van der Waals surface area contributed by atoms with Gasteiger partial charge < -0.3 is 15.6 Å². The molecule has 118 valence electrons. The van der Waals surface area contributed by atoms with Crippen LogP contribution in [-0.2, 0) is 6.42 Å². The molecule has 0 aliphatic heterocycles. The summed E-state index contributed by atoms with van der Waals surface area (Å²) in [6.45, 7) is 0.110. The zero-order valence-corrected chi connectivity index (χ0v) is 12.6. The number of hydrogen-bond donors (Lipinski definition) is 2. The normalized spacial score (nSPS) is 11.4. The highest BCUT2D eigenvalue weighted by atomic mass is 35.5. The Hall–Kier alpha value is -2.11. The Morgan fingerprint density at radius 3 is 2.50 bits per heavy atom. The van der Waals surface area contributed by atoms with E-state index < -0.39 is 17.3 Å². The molecular formula is C16H17ClFNO3. The SMILES string of the molecule is Cl.N[C@@H](COc1cccc(F)c1C(=O)O)Cc1ccccc1. The molecule has 2 rings (SSSR count). The van der Waals surface area contributed by atoms with Crippen LogP contribution >= 0.6 is 12.4 Å². The molecule has 22 heavy (non-hydrogen) atoms. The first-order chi connectivity index (χ1) is 10.1. The van der Waals surface area contributed by atoms with Crippen LogP contribution in [0.5, 0.6) is 5.75 Å². The number of nitrogens with two attached hydrogens (primary N) is 1. The lowest BCUT2D eigenvalue weighted by atomic mass is 10.1. The van der Waals surface area contributed by atoms with E-state index in [4.69, 9.17) is 15.6 Å². The van der Waals surface area contributed by atoms with Crippen molar-refractivity contribution in [2.24, 2.45) is 5.73 Å². The highest BCUT2D eigenvalue weighted by molar-refractivity contribution is 5.91. The summed E-state index contributed by atoms with van der Waals surface area (Å²) in [7, 11) is 0. The van der Waals surface area contributed by atoms with E-state index in [9.17, 15) is 9.18 Å². The van der Waals surface area contributed by atoms with Crippen LogP contribution < -0.4 is 10.5 Å². The molecule has 4 nitrogen and oxygen atoms in total. The summed E-state index contributed by atoms with van der Waals surface area (Å²) in [6.07, 6.45) is 0.596. The predicted octanol–water partition coefficient (Wildman–Crippen LogP) is 2.89. The lowest BCUT2D eigenvalue weighted by Gasteiger charge is -2.15. The summed E-state index contributed by atoms with van der Waals surface area (Å²) in [5, 5.41) is 9.00. The first-order valence-electron chi connectivity index (χ1n) is 6.52. The van der Waals surface area contributed by atoms with Crippen LogP contribution in [-0.4, -0.2) is 23.7 Å². The van der Waals surface area contributed by atoms with Gasteiger partial charge >= 0.3 is 5.97 Å². The summed E-state index contributed by atoms with van der Waals surface area (Å²) in [4.78, 5) is 11.0. The molecule has 0 saturated carbocycles. The topological polar surface area (TPSA) is 72.5 Å². The van der Waals surface area contributed by atoms with E-state index in [-0.39, 0.29) is 30.8 Å². The van der Waals surface area contributed by atoms with Gasteiger partial charge in [-0.2, -0.15) is 0 Å². The molecule has 0 aromatic heterocycles. The van der Waals surface area contributed by atoms with Crippen molar-refractivity contribution in [3.8, 4) is 5.75 Å². The van der Waals surface area contributed by atoms with E-state index in [1.807, 2.05) is 30.3 Å².